The van der Waals surface area contributed by atoms with Gasteiger partial charge in [-0.05, 0) is 35.2 Å². The van der Waals surface area contributed by atoms with E-state index in [1.54, 1.807) is 0 Å². The first-order chi connectivity index (χ1) is 6.07. The highest BCUT2D eigenvalue weighted by atomic mass is 14.6. The SMILES string of the molecule is [B]C(=N)C(C)(C)CC(C)(C)CC([B])N. The molecule has 3 N–H and O–H groups in total. The second-order valence-corrected chi connectivity index (χ2v) is 5.51. The molecule has 0 fully saturated rings. The molecule has 0 heterocycles. The van der Waals surface area contributed by atoms with Crippen molar-refractivity contribution in [2.24, 2.45) is 16.6 Å². The van der Waals surface area contributed by atoms with Crippen LogP contribution in [0.3, 0.4) is 0 Å². The van der Waals surface area contributed by atoms with Crippen molar-refractivity contribution in [2.45, 2.75) is 46.5 Å². The Morgan fingerprint density at radius 1 is 1.36 bits per heavy atom. The molecule has 0 bridgehead atoms. The van der Waals surface area contributed by atoms with E-state index >= 15 is 0 Å². The minimum Gasteiger partial charge on any atom is -0.336 e. The van der Waals surface area contributed by atoms with Crippen LogP contribution < -0.4 is 5.73 Å². The van der Waals surface area contributed by atoms with E-state index in [9.17, 15) is 0 Å². The van der Waals surface area contributed by atoms with Gasteiger partial charge in [0.25, 0.3) is 0 Å². The lowest BCUT2D eigenvalue weighted by molar-refractivity contribution is 0.233. The lowest BCUT2D eigenvalue weighted by Crippen LogP contribution is -2.34. The first-order valence-corrected chi connectivity index (χ1v) is 4.92. The van der Waals surface area contributed by atoms with Crippen LogP contribution in [-0.4, -0.2) is 27.2 Å². The summed E-state index contributed by atoms with van der Waals surface area (Å²) in [6.45, 7) is 8.15. The van der Waals surface area contributed by atoms with Crippen molar-refractivity contribution in [3.8, 4) is 0 Å². The van der Waals surface area contributed by atoms with Crippen LogP contribution in [0, 0.1) is 16.2 Å². The third kappa shape index (κ3) is 4.85. The van der Waals surface area contributed by atoms with Crippen molar-refractivity contribution in [3.05, 3.63) is 0 Å². The van der Waals surface area contributed by atoms with Gasteiger partial charge < -0.3 is 11.1 Å². The Morgan fingerprint density at radius 3 is 2.07 bits per heavy atom. The van der Waals surface area contributed by atoms with Crippen molar-refractivity contribution in [3.63, 3.8) is 0 Å². The molecular formula is C10H20B2N2. The normalized spacial score (nSPS) is 15.2. The van der Waals surface area contributed by atoms with Crippen molar-refractivity contribution < 1.29 is 0 Å². The first kappa shape index (κ1) is 13.8. The average Bonchev–Trinajstić information content (AvgIpc) is 1.79. The van der Waals surface area contributed by atoms with Gasteiger partial charge in [0.05, 0.1) is 7.85 Å². The van der Waals surface area contributed by atoms with E-state index in [1.165, 1.54) is 0 Å². The molecule has 0 aliphatic rings. The molecule has 0 saturated heterocycles. The summed E-state index contributed by atoms with van der Waals surface area (Å²) in [6, 6.07) is 0. The highest BCUT2D eigenvalue weighted by molar-refractivity contribution is 6.60. The van der Waals surface area contributed by atoms with Crippen LogP contribution in [0.25, 0.3) is 0 Å². The maximum absolute atomic E-state index is 7.47. The standard InChI is InChI=1S/C10H20B2N2/c1-9(2,5-7(11)13)6-10(3,4)8(12)14/h7,14H,5-6,13H2,1-4H3. The number of rotatable bonds is 5. The predicted octanol–water partition coefficient (Wildman–Crippen LogP) is 1.42. The minimum atomic E-state index is -0.298. The van der Waals surface area contributed by atoms with Crippen LogP contribution in [0.1, 0.15) is 40.5 Å². The number of hydrogen-bond acceptors (Lipinski definition) is 2. The molecule has 4 heteroatoms. The zero-order valence-corrected chi connectivity index (χ0v) is 9.72. The Labute approximate surface area is 90.4 Å². The van der Waals surface area contributed by atoms with Gasteiger partial charge in [-0.3, -0.25) is 0 Å². The van der Waals surface area contributed by atoms with Gasteiger partial charge in [0.2, 0.25) is 0 Å². The third-order valence-corrected chi connectivity index (χ3v) is 2.44. The van der Waals surface area contributed by atoms with Crippen LogP contribution in [-0.2, 0) is 0 Å². The fourth-order valence-corrected chi connectivity index (χ4v) is 2.00. The smallest absolute Gasteiger partial charge is 0.135 e. The molecule has 0 aromatic carbocycles. The summed E-state index contributed by atoms with van der Waals surface area (Å²) in [4.78, 5) is 0. The summed E-state index contributed by atoms with van der Waals surface area (Å²) in [7, 11) is 11.1. The van der Waals surface area contributed by atoms with E-state index in [0.29, 0.717) is 0 Å². The topological polar surface area (TPSA) is 49.9 Å². The summed E-state index contributed by atoms with van der Waals surface area (Å²) in [6.07, 6.45) is 1.56. The van der Waals surface area contributed by atoms with Gasteiger partial charge in [-0.15, -0.1) is 0 Å². The van der Waals surface area contributed by atoms with E-state index in [4.69, 9.17) is 26.8 Å². The zero-order chi connectivity index (χ0) is 11.6. The van der Waals surface area contributed by atoms with Crippen LogP contribution >= 0.6 is 0 Å². The fourth-order valence-electron chi connectivity index (χ4n) is 2.00. The number of nitrogens with two attached hydrogens (primary N) is 1. The molecule has 14 heavy (non-hydrogen) atoms. The summed E-state index contributed by atoms with van der Waals surface area (Å²) in [5.41, 5.74) is 5.52. The average molecular weight is 190 g/mol. The van der Waals surface area contributed by atoms with Crippen LogP contribution in [0.15, 0.2) is 0 Å². The Bertz CT molecular complexity index is 210. The maximum atomic E-state index is 7.47. The van der Waals surface area contributed by atoms with Crippen LogP contribution in [0.4, 0.5) is 0 Å². The molecule has 0 spiro atoms. The third-order valence-electron chi connectivity index (χ3n) is 2.44. The second-order valence-electron chi connectivity index (χ2n) is 5.51. The minimum absolute atomic E-state index is 0.0172. The Balaban J connectivity index is 4.42. The van der Waals surface area contributed by atoms with Crippen molar-refractivity contribution in [1.29, 1.82) is 5.41 Å². The van der Waals surface area contributed by atoms with Gasteiger partial charge in [-0.25, -0.2) is 0 Å². The van der Waals surface area contributed by atoms with Crippen LogP contribution in [0.5, 0.6) is 0 Å². The largest absolute Gasteiger partial charge is 0.336 e. The highest BCUT2D eigenvalue weighted by Crippen LogP contribution is 2.36. The maximum Gasteiger partial charge on any atom is 0.135 e. The molecule has 0 rings (SSSR count). The van der Waals surface area contributed by atoms with Gasteiger partial charge in [-0.2, -0.15) is 0 Å². The summed E-state index contributed by atoms with van der Waals surface area (Å²) >= 11 is 0. The lowest BCUT2D eigenvalue weighted by atomic mass is 9.65. The predicted molar refractivity (Wildman–Crippen MR) is 64.0 cm³/mol. The summed E-state index contributed by atoms with van der Waals surface area (Å²) in [5, 5.41) is 7.47. The molecule has 0 saturated carbocycles. The Hall–Kier alpha value is -0.240. The lowest BCUT2D eigenvalue weighted by Gasteiger charge is -2.36. The molecule has 1 unspecified atom stereocenters. The molecule has 4 radical (unpaired) electrons. The van der Waals surface area contributed by atoms with E-state index in [2.05, 4.69) is 13.8 Å². The van der Waals surface area contributed by atoms with Gasteiger partial charge in [0, 0.05) is 0 Å². The Kier molecular flexibility index (Phi) is 4.44. The van der Waals surface area contributed by atoms with E-state index in [-0.39, 0.29) is 22.4 Å². The molecule has 0 aromatic rings. The molecule has 0 aliphatic heterocycles. The van der Waals surface area contributed by atoms with Crippen molar-refractivity contribution >= 4 is 21.3 Å². The molecule has 1 atom stereocenters. The van der Waals surface area contributed by atoms with Gasteiger partial charge in [0.1, 0.15) is 7.85 Å². The molecule has 76 valence electrons. The zero-order valence-electron chi connectivity index (χ0n) is 9.72. The Morgan fingerprint density at radius 2 is 1.79 bits per heavy atom. The number of hydrogen-bond donors (Lipinski definition) is 2. The van der Waals surface area contributed by atoms with E-state index in [0.717, 1.165) is 12.8 Å². The second kappa shape index (κ2) is 4.52. The van der Waals surface area contributed by atoms with Crippen molar-refractivity contribution in [1.82, 2.24) is 0 Å². The highest BCUT2D eigenvalue weighted by Gasteiger charge is 2.30. The van der Waals surface area contributed by atoms with Gasteiger partial charge >= 0.3 is 0 Å². The molecule has 0 aliphatic carbocycles. The summed E-state index contributed by atoms with van der Waals surface area (Å²) in [5.74, 6) is -0.298. The number of nitrogens with one attached hydrogen (secondary N) is 1. The van der Waals surface area contributed by atoms with Gasteiger partial charge in [0.15, 0.2) is 0 Å². The van der Waals surface area contributed by atoms with Gasteiger partial charge in [-0.1, -0.05) is 27.7 Å². The molecule has 0 amide bonds. The summed E-state index contributed by atoms with van der Waals surface area (Å²) < 4.78 is 0. The fraction of sp³-hybridized carbons (Fsp3) is 0.900. The quantitative estimate of drug-likeness (QED) is 0.499. The van der Waals surface area contributed by atoms with Crippen molar-refractivity contribution in [2.75, 3.05) is 0 Å². The molecular weight excluding hydrogens is 170 g/mol. The van der Waals surface area contributed by atoms with E-state index in [1.807, 2.05) is 13.8 Å². The molecule has 0 aromatic heterocycles. The van der Waals surface area contributed by atoms with E-state index < -0.39 is 0 Å². The monoisotopic (exact) mass is 190 g/mol. The first-order valence-electron chi connectivity index (χ1n) is 4.92. The van der Waals surface area contributed by atoms with Crippen LogP contribution in [0.2, 0.25) is 0 Å². The molecule has 2 nitrogen and oxygen atoms in total.